The zero-order valence-electron chi connectivity index (χ0n) is 10.4. The minimum atomic E-state index is -0.607. The van der Waals surface area contributed by atoms with Crippen LogP contribution >= 0.6 is 0 Å². The molecule has 1 amide bonds. The van der Waals surface area contributed by atoms with Crippen molar-refractivity contribution < 1.29 is 14.3 Å². The Morgan fingerprint density at radius 2 is 2.22 bits per heavy atom. The van der Waals surface area contributed by atoms with E-state index in [9.17, 15) is 4.79 Å². The molecule has 18 heavy (non-hydrogen) atoms. The number of nitrogens with two attached hydrogens (primary N) is 1. The highest BCUT2D eigenvalue weighted by molar-refractivity contribution is 5.81. The maximum absolute atomic E-state index is 11.9. The van der Waals surface area contributed by atoms with Crippen LogP contribution in [0.4, 0.5) is 0 Å². The molecule has 2 rings (SSSR count). The SMILES string of the molecule is CCC(N)CNC(=O)C1COc2ccccc2O1. The van der Waals surface area contributed by atoms with E-state index >= 15 is 0 Å². The van der Waals surface area contributed by atoms with Crippen LogP contribution < -0.4 is 20.5 Å². The number of carbonyl (C=O) groups is 1. The van der Waals surface area contributed by atoms with E-state index in [0.717, 1.165) is 6.42 Å². The molecule has 98 valence electrons. The summed E-state index contributed by atoms with van der Waals surface area (Å²) in [5, 5.41) is 2.76. The van der Waals surface area contributed by atoms with Gasteiger partial charge in [0.1, 0.15) is 6.61 Å². The van der Waals surface area contributed by atoms with Gasteiger partial charge in [0.05, 0.1) is 0 Å². The first-order chi connectivity index (χ1) is 8.70. The van der Waals surface area contributed by atoms with Crippen LogP contribution in [0.15, 0.2) is 24.3 Å². The molecule has 1 heterocycles. The average molecular weight is 250 g/mol. The maximum Gasteiger partial charge on any atom is 0.264 e. The van der Waals surface area contributed by atoms with Crippen LogP contribution in [0.2, 0.25) is 0 Å². The predicted molar refractivity (Wildman–Crippen MR) is 67.6 cm³/mol. The lowest BCUT2D eigenvalue weighted by Crippen LogP contribution is -2.47. The van der Waals surface area contributed by atoms with E-state index in [1.807, 2.05) is 25.1 Å². The number of amides is 1. The number of fused-ring (bicyclic) bond motifs is 1. The van der Waals surface area contributed by atoms with Gasteiger partial charge in [0.25, 0.3) is 5.91 Å². The van der Waals surface area contributed by atoms with Crippen molar-refractivity contribution >= 4 is 5.91 Å². The molecule has 0 aromatic heterocycles. The molecule has 5 heteroatoms. The molecule has 0 fully saturated rings. The summed E-state index contributed by atoms with van der Waals surface area (Å²) in [4.78, 5) is 11.9. The summed E-state index contributed by atoms with van der Waals surface area (Å²) in [6.45, 7) is 2.66. The molecule has 1 aromatic rings. The van der Waals surface area contributed by atoms with Gasteiger partial charge in [-0.1, -0.05) is 19.1 Å². The number of rotatable bonds is 4. The molecule has 5 nitrogen and oxygen atoms in total. The fraction of sp³-hybridized carbons (Fsp3) is 0.462. The smallest absolute Gasteiger partial charge is 0.264 e. The maximum atomic E-state index is 11.9. The van der Waals surface area contributed by atoms with Crippen molar-refractivity contribution in [1.82, 2.24) is 5.32 Å². The van der Waals surface area contributed by atoms with Gasteiger partial charge in [0, 0.05) is 12.6 Å². The van der Waals surface area contributed by atoms with E-state index in [1.165, 1.54) is 0 Å². The lowest BCUT2D eigenvalue weighted by molar-refractivity contribution is -0.130. The Morgan fingerprint density at radius 1 is 1.50 bits per heavy atom. The topological polar surface area (TPSA) is 73.6 Å². The van der Waals surface area contributed by atoms with Crippen molar-refractivity contribution in [2.45, 2.75) is 25.5 Å². The van der Waals surface area contributed by atoms with Crippen LogP contribution in [0.5, 0.6) is 11.5 Å². The van der Waals surface area contributed by atoms with E-state index < -0.39 is 6.10 Å². The molecule has 1 aliphatic heterocycles. The summed E-state index contributed by atoms with van der Waals surface area (Å²) in [6, 6.07) is 7.28. The Kier molecular flexibility index (Phi) is 4.04. The Balaban J connectivity index is 1.90. The van der Waals surface area contributed by atoms with Gasteiger partial charge in [-0.3, -0.25) is 4.79 Å². The summed E-state index contributed by atoms with van der Waals surface area (Å²) in [6.07, 6.45) is 0.217. The molecule has 1 aromatic carbocycles. The minimum Gasteiger partial charge on any atom is -0.485 e. The quantitative estimate of drug-likeness (QED) is 0.824. The van der Waals surface area contributed by atoms with Crippen molar-refractivity contribution in [2.75, 3.05) is 13.2 Å². The summed E-state index contributed by atoms with van der Waals surface area (Å²) in [5.41, 5.74) is 5.74. The molecule has 0 saturated carbocycles. The zero-order chi connectivity index (χ0) is 13.0. The first kappa shape index (κ1) is 12.7. The van der Waals surface area contributed by atoms with Crippen molar-refractivity contribution in [2.24, 2.45) is 5.73 Å². The van der Waals surface area contributed by atoms with Crippen molar-refractivity contribution in [3.63, 3.8) is 0 Å². The Bertz CT molecular complexity index is 422. The minimum absolute atomic E-state index is 0.0225. The van der Waals surface area contributed by atoms with Gasteiger partial charge < -0.3 is 20.5 Å². The van der Waals surface area contributed by atoms with E-state index in [2.05, 4.69) is 5.32 Å². The summed E-state index contributed by atoms with van der Waals surface area (Å²) < 4.78 is 11.1. The second-order valence-electron chi connectivity index (χ2n) is 4.28. The van der Waals surface area contributed by atoms with Crippen molar-refractivity contribution in [3.05, 3.63) is 24.3 Å². The van der Waals surface area contributed by atoms with Crippen molar-refractivity contribution in [1.29, 1.82) is 0 Å². The van der Waals surface area contributed by atoms with E-state index in [0.29, 0.717) is 18.0 Å². The van der Waals surface area contributed by atoms with Gasteiger partial charge in [0.15, 0.2) is 11.5 Å². The van der Waals surface area contributed by atoms with Crippen LogP contribution in [-0.2, 0) is 4.79 Å². The van der Waals surface area contributed by atoms with E-state index in [1.54, 1.807) is 6.07 Å². The van der Waals surface area contributed by atoms with Crippen LogP contribution in [0.25, 0.3) is 0 Å². The van der Waals surface area contributed by atoms with Gasteiger partial charge in [0.2, 0.25) is 6.10 Å². The standard InChI is InChI=1S/C13H18N2O3/c1-2-9(14)7-15-13(16)12-8-17-10-5-3-4-6-11(10)18-12/h3-6,9,12H,2,7-8,14H2,1H3,(H,15,16). The molecule has 3 N–H and O–H groups in total. The zero-order valence-corrected chi connectivity index (χ0v) is 10.4. The number of benzene rings is 1. The first-order valence-corrected chi connectivity index (χ1v) is 6.12. The Hall–Kier alpha value is -1.75. The molecule has 2 atom stereocenters. The third-order valence-electron chi connectivity index (χ3n) is 2.86. The molecular formula is C13H18N2O3. The highest BCUT2D eigenvalue weighted by atomic mass is 16.6. The second-order valence-corrected chi connectivity index (χ2v) is 4.28. The monoisotopic (exact) mass is 250 g/mol. The van der Waals surface area contributed by atoms with Crippen LogP contribution in [-0.4, -0.2) is 31.2 Å². The molecule has 0 aliphatic carbocycles. The number of hydrogen-bond donors (Lipinski definition) is 2. The van der Waals surface area contributed by atoms with Gasteiger partial charge in [-0.05, 0) is 18.6 Å². The summed E-state index contributed by atoms with van der Waals surface area (Å²) in [7, 11) is 0. The molecule has 0 radical (unpaired) electrons. The number of hydrogen-bond acceptors (Lipinski definition) is 4. The van der Waals surface area contributed by atoms with Gasteiger partial charge in [-0.15, -0.1) is 0 Å². The van der Waals surface area contributed by atoms with Gasteiger partial charge in [-0.2, -0.15) is 0 Å². The lowest BCUT2D eigenvalue weighted by Gasteiger charge is -2.25. The molecule has 1 aliphatic rings. The van der Waals surface area contributed by atoms with Gasteiger partial charge in [-0.25, -0.2) is 0 Å². The molecule has 0 spiro atoms. The third kappa shape index (κ3) is 2.92. The number of ether oxygens (including phenoxy) is 2. The molecule has 0 saturated heterocycles. The lowest BCUT2D eigenvalue weighted by atomic mass is 10.2. The third-order valence-corrected chi connectivity index (χ3v) is 2.86. The Labute approximate surface area is 106 Å². The molecule has 2 unspecified atom stereocenters. The van der Waals surface area contributed by atoms with E-state index in [4.69, 9.17) is 15.2 Å². The molecule has 0 bridgehead atoms. The number of nitrogens with one attached hydrogen (secondary N) is 1. The summed E-state index contributed by atoms with van der Waals surface area (Å²) >= 11 is 0. The molecular weight excluding hydrogens is 232 g/mol. The number of para-hydroxylation sites is 2. The largest absolute Gasteiger partial charge is 0.485 e. The summed E-state index contributed by atoms with van der Waals surface area (Å²) in [5.74, 6) is 1.09. The second kappa shape index (κ2) is 5.73. The van der Waals surface area contributed by atoms with Crippen LogP contribution in [0.3, 0.4) is 0 Å². The number of carbonyl (C=O) groups excluding carboxylic acids is 1. The highest BCUT2D eigenvalue weighted by Gasteiger charge is 2.27. The van der Waals surface area contributed by atoms with Crippen LogP contribution in [0.1, 0.15) is 13.3 Å². The normalized spacial score (nSPS) is 19.1. The van der Waals surface area contributed by atoms with Crippen LogP contribution in [0, 0.1) is 0 Å². The first-order valence-electron chi connectivity index (χ1n) is 6.12. The van der Waals surface area contributed by atoms with E-state index in [-0.39, 0.29) is 18.6 Å². The average Bonchev–Trinajstić information content (AvgIpc) is 2.43. The fourth-order valence-electron chi connectivity index (χ4n) is 1.64. The Morgan fingerprint density at radius 3 is 2.94 bits per heavy atom. The highest BCUT2D eigenvalue weighted by Crippen LogP contribution is 2.30. The fourth-order valence-corrected chi connectivity index (χ4v) is 1.64. The van der Waals surface area contributed by atoms with Crippen molar-refractivity contribution in [3.8, 4) is 11.5 Å². The predicted octanol–water partition coefficient (Wildman–Crippen LogP) is 0.680. The van der Waals surface area contributed by atoms with Gasteiger partial charge >= 0.3 is 0 Å².